The fourth-order valence-corrected chi connectivity index (χ4v) is 2.51. The molecule has 0 atom stereocenters. The van der Waals surface area contributed by atoms with E-state index >= 15 is 0 Å². The van der Waals surface area contributed by atoms with Crippen molar-refractivity contribution in [2.45, 2.75) is 6.54 Å². The third-order valence-electron chi connectivity index (χ3n) is 3.41. The third-order valence-corrected chi connectivity index (χ3v) is 3.73. The zero-order valence-electron chi connectivity index (χ0n) is 11.6. The smallest absolute Gasteiger partial charge is 0.134 e. The van der Waals surface area contributed by atoms with E-state index in [2.05, 4.69) is 4.98 Å². The number of fused-ring (bicyclic) bond motifs is 1. The average molecular weight is 301 g/mol. The molecule has 0 spiro atoms. The Kier molecular flexibility index (Phi) is 3.76. The maximum atomic E-state index is 13.3. The number of anilines is 1. The SMILES string of the molecule is CN(Cc1cc2ccccc2nc1Cl)c1cccc(F)c1. The van der Waals surface area contributed by atoms with E-state index in [0.717, 1.165) is 22.2 Å². The Balaban J connectivity index is 1.92. The predicted molar refractivity (Wildman–Crippen MR) is 85.3 cm³/mol. The third kappa shape index (κ3) is 2.98. The fraction of sp³-hybridized carbons (Fsp3) is 0.118. The van der Waals surface area contributed by atoms with E-state index in [9.17, 15) is 4.39 Å². The van der Waals surface area contributed by atoms with Gasteiger partial charge in [-0.1, -0.05) is 35.9 Å². The van der Waals surface area contributed by atoms with Gasteiger partial charge in [0.1, 0.15) is 11.0 Å². The Labute approximate surface area is 127 Å². The van der Waals surface area contributed by atoms with Crippen molar-refractivity contribution < 1.29 is 4.39 Å². The number of hydrogen-bond donors (Lipinski definition) is 0. The number of hydrogen-bond acceptors (Lipinski definition) is 2. The van der Waals surface area contributed by atoms with E-state index in [-0.39, 0.29) is 5.82 Å². The molecule has 21 heavy (non-hydrogen) atoms. The Morgan fingerprint density at radius 2 is 1.90 bits per heavy atom. The van der Waals surface area contributed by atoms with Crippen LogP contribution in [0.5, 0.6) is 0 Å². The maximum Gasteiger partial charge on any atom is 0.134 e. The number of aromatic nitrogens is 1. The summed E-state index contributed by atoms with van der Waals surface area (Å²) in [6.07, 6.45) is 0. The van der Waals surface area contributed by atoms with Crippen molar-refractivity contribution in [2.24, 2.45) is 0 Å². The van der Waals surface area contributed by atoms with Crippen molar-refractivity contribution in [2.75, 3.05) is 11.9 Å². The zero-order chi connectivity index (χ0) is 14.8. The van der Waals surface area contributed by atoms with Gasteiger partial charge < -0.3 is 4.90 Å². The molecule has 0 aliphatic heterocycles. The number of nitrogens with zero attached hydrogens (tertiary/aromatic N) is 2. The van der Waals surface area contributed by atoms with Crippen LogP contribution in [0.3, 0.4) is 0 Å². The van der Waals surface area contributed by atoms with Crippen LogP contribution in [0.15, 0.2) is 54.6 Å². The van der Waals surface area contributed by atoms with Crippen LogP contribution >= 0.6 is 11.6 Å². The van der Waals surface area contributed by atoms with Gasteiger partial charge >= 0.3 is 0 Å². The monoisotopic (exact) mass is 300 g/mol. The van der Waals surface area contributed by atoms with Crippen LogP contribution in [-0.2, 0) is 6.54 Å². The van der Waals surface area contributed by atoms with Gasteiger partial charge in [0, 0.05) is 30.2 Å². The summed E-state index contributed by atoms with van der Waals surface area (Å²) < 4.78 is 13.3. The molecule has 0 aliphatic carbocycles. The Hall–Kier alpha value is -2.13. The lowest BCUT2D eigenvalue weighted by molar-refractivity contribution is 0.627. The Morgan fingerprint density at radius 1 is 1.10 bits per heavy atom. The number of halogens is 2. The molecule has 4 heteroatoms. The summed E-state index contributed by atoms with van der Waals surface area (Å²) in [6.45, 7) is 0.570. The molecular formula is C17H14ClFN2. The highest BCUT2D eigenvalue weighted by molar-refractivity contribution is 6.30. The highest BCUT2D eigenvalue weighted by Gasteiger charge is 2.09. The summed E-state index contributed by atoms with van der Waals surface area (Å²) in [6, 6.07) is 16.4. The molecule has 1 aromatic heterocycles. The molecule has 2 nitrogen and oxygen atoms in total. The predicted octanol–water partition coefficient (Wildman–Crippen LogP) is 4.66. The van der Waals surface area contributed by atoms with Gasteiger partial charge in [-0.2, -0.15) is 0 Å². The van der Waals surface area contributed by atoms with Crippen molar-refractivity contribution in [1.29, 1.82) is 0 Å². The summed E-state index contributed by atoms with van der Waals surface area (Å²) in [4.78, 5) is 6.35. The lowest BCUT2D eigenvalue weighted by atomic mass is 10.1. The van der Waals surface area contributed by atoms with Crippen molar-refractivity contribution >= 4 is 28.2 Å². The first-order chi connectivity index (χ1) is 10.1. The van der Waals surface area contributed by atoms with Gasteiger partial charge in [0.25, 0.3) is 0 Å². The minimum Gasteiger partial charge on any atom is -0.370 e. The van der Waals surface area contributed by atoms with Gasteiger partial charge in [-0.3, -0.25) is 0 Å². The highest BCUT2D eigenvalue weighted by Crippen LogP contribution is 2.23. The normalized spacial score (nSPS) is 10.8. The number of pyridine rings is 1. The molecular weight excluding hydrogens is 287 g/mol. The van der Waals surface area contributed by atoms with E-state index < -0.39 is 0 Å². The fourth-order valence-electron chi connectivity index (χ4n) is 2.31. The summed E-state index contributed by atoms with van der Waals surface area (Å²) in [5.74, 6) is -0.248. The molecule has 0 fully saturated rings. The summed E-state index contributed by atoms with van der Waals surface area (Å²) >= 11 is 6.25. The van der Waals surface area contributed by atoms with Crippen LogP contribution in [0, 0.1) is 5.82 Å². The second kappa shape index (κ2) is 5.70. The quantitative estimate of drug-likeness (QED) is 0.654. The van der Waals surface area contributed by atoms with Crippen LogP contribution in [-0.4, -0.2) is 12.0 Å². The van der Waals surface area contributed by atoms with E-state index in [1.54, 1.807) is 6.07 Å². The van der Waals surface area contributed by atoms with Crippen molar-refractivity contribution in [3.63, 3.8) is 0 Å². The molecule has 0 bridgehead atoms. The van der Waals surface area contributed by atoms with Gasteiger partial charge in [0.15, 0.2) is 0 Å². The van der Waals surface area contributed by atoms with E-state index in [0.29, 0.717) is 11.7 Å². The van der Waals surface area contributed by atoms with Crippen molar-refractivity contribution in [3.8, 4) is 0 Å². The standard InChI is InChI=1S/C17H14ClFN2/c1-21(15-7-4-6-14(19)10-15)11-13-9-12-5-2-3-8-16(12)20-17(13)18/h2-10H,11H2,1H3. The zero-order valence-corrected chi connectivity index (χ0v) is 12.3. The summed E-state index contributed by atoms with van der Waals surface area (Å²) in [5, 5.41) is 1.53. The first-order valence-electron chi connectivity index (χ1n) is 6.64. The molecule has 3 aromatic rings. The second-order valence-corrected chi connectivity index (χ2v) is 5.32. The molecule has 0 radical (unpaired) electrons. The molecule has 0 aliphatic rings. The molecule has 0 N–H and O–H groups in total. The van der Waals surface area contributed by atoms with Crippen LogP contribution < -0.4 is 4.90 Å². The maximum absolute atomic E-state index is 13.3. The Bertz CT molecular complexity index is 789. The average Bonchev–Trinajstić information content (AvgIpc) is 2.48. The molecule has 0 unspecified atom stereocenters. The first-order valence-corrected chi connectivity index (χ1v) is 7.02. The van der Waals surface area contributed by atoms with Gasteiger partial charge in [-0.05, 0) is 30.3 Å². The summed E-state index contributed by atoms with van der Waals surface area (Å²) in [5.41, 5.74) is 2.60. The van der Waals surface area contributed by atoms with E-state index in [1.807, 2.05) is 48.3 Å². The number of rotatable bonds is 3. The van der Waals surface area contributed by atoms with Gasteiger partial charge in [-0.15, -0.1) is 0 Å². The molecule has 0 amide bonds. The van der Waals surface area contributed by atoms with Crippen LogP contribution in [0.25, 0.3) is 10.9 Å². The largest absolute Gasteiger partial charge is 0.370 e. The highest BCUT2D eigenvalue weighted by atomic mass is 35.5. The summed E-state index contributed by atoms with van der Waals surface area (Å²) in [7, 11) is 1.90. The number of para-hydroxylation sites is 1. The van der Waals surface area contributed by atoms with Crippen molar-refractivity contribution in [3.05, 3.63) is 71.1 Å². The molecule has 2 aromatic carbocycles. The van der Waals surface area contributed by atoms with Gasteiger partial charge in [0.2, 0.25) is 0 Å². The second-order valence-electron chi connectivity index (χ2n) is 4.97. The van der Waals surface area contributed by atoms with Gasteiger partial charge in [0.05, 0.1) is 5.52 Å². The van der Waals surface area contributed by atoms with Crippen molar-refractivity contribution in [1.82, 2.24) is 4.98 Å². The Morgan fingerprint density at radius 3 is 2.71 bits per heavy atom. The molecule has 106 valence electrons. The number of benzene rings is 2. The van der Waals surface area contributed by atoms with E-state index in [4.69, 9.17) is 11.6 Å². The first kappa shape index (κ1) is 13.8. The molecule has 3 rings (SSSR count). The lowest BCUT2D eigenvalue weighted by Crippen LogP contribution is -2.17. The van der Waals surface area contributed by atoms with Crippen LogP contribution in [0.4, 0.5) is 10.1 Å². The minimum atomic E-state index is -0.248. The molecule has 0 saturated carbocycles. The lowest BCUT2D eigenvalue weighted by Gasteiger charge is -2.20. The molecule has 0 saturated heterocycles. The topological polar surface area (TPSA) is 16.1 Å². The minimum absolute atomic E-state index is 0.248. The molecule has 1 heterocycles. The van der Waals surface area contributed by atoms with E-state index in [1.165, 1.54) is 12.1 Å². The van der Waals surface area contributed by atoms with Crippen LogP contribution in [0.1, 0.15) is 5.56 Å². The van der Waals surface area contributed by atoms with Crippen LogP contribution in [0.2, 0.25) is 5.15 Å². The van der Waals surface area contributed by atoms with Gasteiger partial charge in [-0.25, -0.2) is 9.37 Å².